The number of aromatic nitrogens is 4. The molecule has 2 atom stereocenters. The fourth-order valence-corrected chi connectivity index (χ4v) is 4.47. The smallest absolute Gasteiger partial charge is 0.332 e. The van der Waals surface area contributed by atoms with Gasteiger partial charge < -0.3 is 14.2 Å². The molecule has 2 aliphatic rings. The summed E-state index contributed by atoms with van der Waals surface area (Å²) in [5.74, 6) is -0.0118. The first-order valence-corrected chi connectivity index (χ1v) is 8.87. The monoisotopic (exact) mass is 361 g/mol. The van der Waals surface area contributed by atoms with Crippen LogP contribution in [0, 0.1) is 0 Å². The Morgan fingerprint density at radius 1 is 1.19 bits per heavy atom. The third kappa shape index (κ3) is 2.41. The molecule has 140 valence electrons. The number of imidazole rings is 1. The minimum absolute atomic E-state index is 0.0118. The maximum Gasteiger partial charge on any atom is 0.332 e. The zero-order valence-electron chi connectivity index (χ0n) is 15.2. The van der Waals surface area contributed by atoms with Gasteiger partial charge in [-0.05, 0) is 25.7 Å². The molecule has 9 nitrogen and oxygen atoms in total. The predicted octanol–water partition coefficient (Wildman–Crippen LogP) is -0.398. The highest BCUT2D eigenvalue weighted by Gasteiger charge is 2.43. The Balaban J connectivity index is 1.66. The Labute approximate surface area is 149 Å². The van der Waals surface area contributed by atoms with Crippen molar-refractivity contribution in [2.75, 3.05) is 7.11 Å². The summed E-state index contributed by atoms with van der Waals surface area (Å²) < 4.78 is 9.41. The molecule has 26 heavy (non-hydrogen) atoms. The van der Waals surface area contributed by atoms with Crippen molar-refractivity contribution >= 4 is 17.1 Å². The summed E-state index contributed by atoms with van der Waals surface area (Å²) in [7, 11) is 4.72. The molecule has 2 aromatic heterocycles. The summed E-state index contributed by atoms with van der Waals surface area (Å²) in [6, 6.07) is 0.404. The first kappa shape index (κ1) is 17.0. The molecule has 2 fully saturated rings. The van der Waals surface area contributed by atoms with Gasteiger partial charge in [-0.15, -0.1) is 0 Å². The fraction of sp³-hybridized carbons (Fsp3) is 0.647. The van der Waals surface area contributed by atoms with Crippen molar-refractivity contribution in [2.24, 2.45) is 14.1 Å². The lowest BCUT2D eigenvalue weighted by Crippen LogP contribution is -2.49. The predicted molar refractivity (Wildman–Crippen MR) is 93.9 cm³/mol. The molecule has 2 saturated heterocycles. The van der Waals surface area contributed by atoms with E-state index in [1.165, 1.54) is 17.9 Å². The molecule has 4 heterocycles. The molecule has 0 spiro atoms. The lowest BCUT2D eigenvalue weighted by atomic mass is 9.99. The molecule has 0 aromatic carbocycles. The van der Waals surface area contributed by atoms with E-state index in [0.717, 1.165) is 30.3 Å². The van der Waals surface area contributed by atoms with Crippen LogP contribution in [-0.2, 0) is 30.2 Å². The molecule has 2 unspecified atom stereocenters. The molecule has 2 aromatic rings. The van der Waals surface area contributed by atoms with Crippen LogP contribution in [0.3, 0.4) is 0 Å². The van der Waals surface area contributed by atoms with E-state index in [4.69, 9.17) is 4.74 Å². The van der Waals surface area contributed by atoms with Gasteiger partial charge in [-0.3, -0.25) is 18.7 Å². The second-order valence-corrected chi connectivity index (χ2v) is 7.27. The maximum absolute atomic E-state index is 13.0. The molecular weight excluding hydrogens is 338 g/mol. The van der Waals surface area contributed by atoms with Crippen molar-refractivity contribution in [3.63, 3.8) is 0 Å². The number of nitrogens with zero attached hydrogens (tertiary/aromatic N) is 5. The molecule has 0 aliphatic carbocycles. The minimum atomic E-state index is -0.436. The minimum Gasteiger partial charge on any atom is -0.381 e. The Kier molecular flexibility index (Phi) is 3.98. The highest BCUT2D eigenvalue weighted by Crippen LogP contribution is 2.36. The lowest BCUT2D eigenvalue weighted by Gasteiger charge is -2.38. The van der Waals surface area contributed by atoms with Crippen LogP contribution >= 0.6 is 0 Å². The van der Waals surface area contributed by atoms with Crippen molar-refractivity contribution in [2.45, 2.75) is 50.4 Å². The average Bonchev–Trinajstić information content (AvgIpc) is 3.16. The molecule has 2 bridgehead atoms. The van der Waals surface area contributed by atoms with Crippen LogP contribution in [-0.4, -0.2) is 54.8 Å². The number of amides is 1. The van der Waals surface area contributed by atoms with E-state index in [-0.39, 0.29) is 36.2 Å². The number of methoxy groups -OCH3 is 1. The number of fused-ring (bicyclic) bond motifs is 3. The highest BCUT2D eigenvalue weighted by atomic mass is 16.5. The van der Waals surface area contributed by atoms with Crippen LogP contribution in [0.5, 0.6) is 0 Å². The van der Waals surface area contributed by atoms with Gasteiger partial charge in [-0.25, -0.2) is 9.78 Å². The number of aryl methyl sites for hydroxylation is 1. The summed E-state index contributed by atoms with van der Waals surface area (Å²) >= 11 is 0. The first-order valence-electron chi connectivity index (χ1n) is 8.87. The summed E-state index contributed by atoms with van der Waals surface area (Å²) in [5.41, 5.74) is -0.290. The van der Waals surface area contributed by atoms with E-state index >= 15 is 0 Å². The van der Waals surface area contributed by atoms with Crippen LogP contribution in [0.2, 0.25) is 0 Å². The van der Waals surface area contributed by atoms with Crippen molar-refractivity contribution in [3.8, 4) is 0 Å². The van der Waals surface area contributed by atoms with Gasteiger partial charge in [0.15, 0.2) is 11.2 Å². The second-order valence-electron chi connectivity index (χ2n) is 7.27. The van der Waals surface area contributed by atoms with Crippen molar-refractivity contribution in [1.82, 2.24) is 23.6 Å². The molecule has 4 rings (SSSR count). The molecular formula is C17H23N5O4. The summed E-state index contributed by atoms with van der Waals surface area (Å²) in [6.07, 6.45) is 5.40. The fourth-order valence-electron chi connectivity index (χ4n) is 4.47. The van der Waals surface area contributed by atoms with Crippen molar-refractivity contribution in [1.29, 1.82) is 0 Å². The van der Waals surface area contributed by atoms with E-state index in [9.17, 15) is 14.4 Å². The second kappa shape index (κ2) is 6.08. The first-order chi connectivity index (χ1) is 12.4. The molecule has 9 heteroatoms. The Morgan fingerprint density at radius 3 is 2.46 bits per heavy atom. The largest absolute Gasteiger partial charge is 0.381 e. The topological polar surface area (TPSA) is 91.4 Å². The van der Waals surface area contributed by atoms with Crippen molar-refractivity contribution in [3.05, 3.63) is 27.2 Å². The standard InChI is InChI=1S/C17H23N5O4/c1-19-15-14(16(24)20(2)17(19)25)21(9-18-15)8-13(23)22-10-4-5-11(22)7-12(6-10)26-3/h9-12H,4-8H2,1-3H3. The SMILES string of the molecule is COC1CC2CCC(C1)N2C(=O)Cn1cnc2c1c(=O)n(C)c(=O)n2C. The number of hydrogen-bond acceptors (Lipinski definition) is 5. The number of ether oxygens (including phenoxy) is 1. The quantitative estimate of drug-likeness (QED) is 0.742. The van der Waals surface area contributed by atoms with Crippen LogP contribution < -0.4 is 11.2 Å². The van der Waals surface area contributed by atoms with E-state index < -0.39 is 11.2 Å². The normalized spacial score (nSPS) is 25.2. The van der Waals surface area contributed by atoms with Gasteiger partial charge in [0.25, 0.3) is 5.56 Å². The van der Waals surface area contributed by atoms with E-state index in [1.807, 2.05) is 4.90 Å². The number of carbonyl (C=O) groups excluding carboxylic acids is 1. The van der Waals surface area contributed by atoms with Gasteiger partial charge in [0.05, 0.1) is 12.4 Å². The van der Waals surface area contributed by atoms with Gasteiger partial charge in [-0.1, -0.05) is 0 Å². The number of carbonyl (C=O) groups is 1. The lowest BCUT2D eigenvalue weighted by molar-refractivity contribution is -0.138. The van der Waals surface area contributed by atoms with E-state index in [2.05, 4.69) is 4.98 Å². The van der Waals surface area contributed by atoms with Crippen LogP contribution in [0.4, 0.5) is 0 Å². The molecule has 0 N–H and O–H groups in total. The average molecular weight is 361 g/mol. The summed E-state index contributed by atoms with van der Waals surface area (Å²) in [4.78, 5) is 43.7. The van der Waals surface area contributed by atoms with Crippen LogP contribution in [0.15, 0.2) is 15.9 Å². The van der Waals surface area contributed by atoms with Gasteiger partial charge in [0, 0.05) is 33.3 Å². The molecule has 0 radical (unpaired) electrons. The summed E-state index contributed by atoms with van der Waals surface area (Å²) in [5, 5.41) is 0. The van der Waals surface area contributed by atoms with Gasteiger partial charge >= 0.3 is 5.69 Å². The van der Waals surface area contributed by atoms with Gasteiger partial charge in [0.1, 0.15) is 6.54 Å². The molecule has 0 saturated carbocycles. The number of rotatable bonds is 3. The Bertz CT molecular complexity index is 973. The van der Waals surface area contributed by atoms with E-state index in [1.54, 1.807) is 18.7 Å². The molecule has 1 amide bonds. The van der Waals surface area contributed by atoms with Gasteiger partial charge in [0.2, 0.25) is 5.91 Å². The number of hydrogen-bond donors (Lipinski definition) is 0. The number of piperidine rings is 1. The van der Waals surface area contributed by atoms with E-state index in [0.29, 0.717) is 5.65 Å². The van der Waals surface area contributed by atoms with Crippen LogP contribution in [0.25, 0.3) is 11.2 Å². The third-order valence-corrected chi connectivity index (χ3v) is 5.83. The maximum atomic E-state index is 13.0. The highest BCUT2D eigenvalue weighted by molar-refractivity contribution is 5.80. The summed E-state index contributed by atoms with van der Waals surface area (Å²) in [6.45, 7) is 0.0502. The third-order valence-electron chi connectivity index (χ3n) is 5.83. The zero-order valence-corrected chi connectivity index (χ0v) is 15.2. The molecule has 2 aliphatic heterocycles. The Morgan fingerprint density at radius 2 is 1.85 bits per heavy atom. The van der Waals surface area contributed by atoms with Crippen LogP contribution in [0.1, 0.15) is 25.7 Å². The Hall–Kier alpha value is -2.42. The van der Waals surface area contributed by atoms with Crippen molar-refractivity contribution < 1.29 is 9.53 Å². The zero-order chi connectivity index (χ0) is 18.6. The van der Waals surface area contributed by atoms with Gasteiger partial charge in [-0.2, -0.15) is 0 Å².